The number of carbonyl (C=O) groups excluding carboxylic acids is 15. The van der Waals surface area contributed by atoms with Crippen LogP contribution in [-0.2, 0) is 122 Å². The summed E-state index contributed by atoms with van der Waals surface area (Å²) < 4.78 is 0. The van der Waals surface area contributed by atoms with Gasteiger partial charge in [-0.05, 0) is 115 Å². The number of likely N-dealkylation sites (tertiary alicyclic amines) is 1. The molecule has 0 unspecified atom stereocenters. The summed E-state index contributed by atoms with van der Waals surface area (Å²) in [5, 5.41) is 110. The molecule has 1 fully saturated rings. The molecule has 0 aliphatic carbocycles. The third-order valence-corrected chi connectivity index (χ3v) is 22.0. The zero-order valence-electron chi connectivity index (χ0n) is 73.0. The van der Waals surface area contributed by atoms with Gasteiger partial charge >= 0.3 is 29.8 Å². The number of rotatable bonds is 54. The molecule has 1 saturated heterocycles. The number of aliphatic hydroxyl groups is 1. The molecule has 15 amide bonds. The number of carbonyl (C=O) groups is 20. The van der Waals surface area contributed by atoms with Crippen molar-refractivity contribution in [2.45, 2.75) is 215 Å². The Bertz CT molecular complexity index is 4960. The summed E-state index contributed by atoms with van der Waals surface area (Å²) in [5.41, 5.74) is 14.2. The fraction of sp³-hybridized carbons (Fsp3) is 0.465. The van der Waals surface area contributed by atoms with Crippen molar-refractivity contribution < 1.29 is 137 Å². The van der Waals surface area contributed by atoms with Crippen LogP contribution in [0.5, 0.6) is 11.5 Å². The van der Waals surface area contributed by atoms with Gasteiger partial charge in [0.1, 0.15) is 96.6 Å². The molecule has 5 aromatic rings. The number of nitrogens with two attached hydrogens (primary N) is 2. The second-order valence-corrected chi connectivity index (χ2v) is 32.9. The van der Waals surface area contributed by atoms with Gasteiger partial charge in [0.2, 0.25) is 88.6 Å². The van der Waals surface area contributed by atoms with Crippen molar-refractivity contribution in [2.24, 2.45) is 23.3 Å². The second kappa shape index (κ2) is 51.8. The Kier molecular flexibility index (Phi) is 41.8. The van der Waals surface area contributed by atoms with E-state index < -0.39 is 272 Å². The number of carboxylic acids is 5. The van der Waals surface area contributed by atoms with E-state index in [1.165, 1.54) is 61.3 Å². The number of nitrogens with one attached hydrogen (secondary N) is 14. The Labute approximate surface area is 760 Å². The highest BCUT2D eigenvalue weighted by Gasteiger charge is 2.44. The number of primary amides is 1. The van der Waals surface area contributed by atoms with Gasteiger partial charge in [-0.25, -0.2) is 0 Å². The molecule has 46 heteroatoms. The van der Waals surface area contributed by atoms with E-state index in [1.54, 1.807) is 86.8 Å². The maximum Gasteiger partial charge on any atom is 0.322 e. The number of thioether (sulfide) groups is 1. The van der Waals surface area contributed by atoms with Gasteiger partial charge in [-0.1, -0.05) is 107 Å². The fourth-order valence-corrected chi connectivity index (χ4v) is 14.5. The number of aromatic hydroxyl groups is 2. The predicted octanol–water partition coefficient (Wildman–Crippen LogP) is -3.81. The summed E-state index contributed by atoms with van der Waals surface area (Å²) in [7, 11) is 0. The molecule has 132 heavy (non-hydrogen) atoms. The molecule has 45 nitrogen and oxygen atoms in total. The average Bonchev–Trinajstić information content (AvgIpc) is 1.55. The van der Waals surface area contributed by atoms with Crippen molar-refractivity contribution in [3.63, 3.8) is 0 Å². The minimum absolute atomic E-state index is 0.00374. The molecule has 4 aromatic carbocycles. The van der Waals surface area contributed by atoms with Gasteiger partial charge in [-0.2, -0.15) is 11.8 Å². The van der Waals surface area contributed by atoms with E-state index in [9.17, 15) is 137 Å². The smallest absolute Gasteiger partial charge is 0.322 e. The van der Waals surface area contributed by atoms with Crippen molar-refractivity contribution in [2.75, 3.05) is 25.1 Å². The molecule has 0 bridgehead atoms. The lowest BCUT2D eigenvalue weighted by Crippen LogP contribution is -2.62. The lowest BCUT2D eigenvalue weighted by atomic mass is 9.96. The van der Waals surface area contributed by atoms with Crippen LogP contribution in [0, 0.1) is 11.8 Å². The van der Waals surface area contributed by atoms with Crippen LogP contribution in [0.15, 0.2) is 109 Å². The number of phenols is 2. The standard InChI is InChI=1S/C86H113N17O28S/c1-7-43(4)71(101-80(125)57(34-47-21-25-50(106)26-22-47)93-73(118)52(87)32-46-19-23-49(105)24-20-46)86(131)103-30-13-18-63(103)83(128)92-54(27-28-65(108)109)75(120)91-55(29-31-132-6)76(121)96-61(38-67(112)113)81(126)100-70(42(2)3)84(129)98-58(35-48-40-89-53-17-12-11-16-51(48)53)77(122)95-59(36-64(88)107)78(123)97-62(39-68(114)115)82(127)102-72(44(5)104)85(130)99-60(37-66(110)111)79(124)94-56(74(119)90-41-69(116)117)33-45-14-9-8-10-15-45/h8-12,14-17,19-26,40,42-44,52,54-63,70-72,89,104-106H,7,13,18,27-39,41,87H2,1-6H3,(H2,88,107)(H,90,119)(H,91,120)(H,92,128)(H,93,118)(H,94,124)(H,95,122)(H,96,121)(H,97,123)(H,98,129)(H,99,130)(H,100,126)(H,101,125)(H,102,127)(H,108,109)(H,110,111)(H,112,113)(H,114,115)(H,116,117)/t43-,44+,52-,54-,55-,56-,57-,58-,59-,60-,61-,62-,63-,70-,71-,72-/m0/s1. The number of aliphatic hydroxyl groups excluding tert-OH is 1. The lowest BCUT2D eigenvalue weighted by molar-refractivity contribution is -0.144. The number of benzene rings is 4. The molecular weight excluding hydrogens is 1750 g/mol. The molecule has 26 N–H and O–H groups in total. The fourth-order valence-electron chi connectivity index (χ4n) is 14.0. The first-order chi connectivity index (χ1) is 62.4. The van der Waals surface area contributed by atoms with Crippen molar-refractivity contribution >= 4 is 141 Å². The molecule has 1 aromatic heterocycles. The van der Waals surface area contributed by atoms with Gasteiger partial charge < -0.3 is 131 Å². The van der Waals surface area contributed by atoms with E-state index in [1.807, 2.05) is 16.0 Å². The summed E-state index contributed by atoms with van der Waals surface area (Å²) in [6.45, 7) is 6.15. The molecule has 716 valence electrons. The third-order valence-electron chi connectivity index (χ3n) is 21.3. The van der Waals surface area contributed by atoms with Crippen molar-refractivity contribution in [3.8, 4) is 11.5 Å². The third kappa shape index (κ3) is 34.0. The summed E-state index contributed by atoms with van der Waals surface area (Å²) in [5.74, 6) is -27.6. The zero-order chi connectivity index (χ0) is 97.9. The Balaban J connectivity index is 1.20. The Morgan fingerprint density at radius 3 is 1.37 bits per heavy atom. The number of aromatic amines is 1. The summed E-state index contributed by atoms with van der Waals surface area (Å²) in [4.78, 5) is 278. The Morgan fingerprint density at radius 1 is 0.447 bits per heavy atom. The number of carboxylic acid groups (broad SMARTS) is 5. The van der Waals surface area contributed by atoms with Crippen LogP contribution in [0.1, 0.15) is 121 Å². The van der Waals surface area contributed by atoms with E-state index in [0.717, 1.165) is 18.7 Å². The van der Waals surface area contributed by atoms with Crippen LogP contribution in [0.4, 0.5) is 0 Å². The number of aliphatic carboxylic acids is 5. The molecule has 0 radical (unpaired) electrons. The second-order valence-electron chi connectivity index (χ2n) is 32.0. The van der Waals surface area contributed by atoms with E-state index in [2.05, 4.69) is 58.2 Å². The Hall–Kier alpha value is -14.3. The minimum atomic E-state index is -2.31. The zero-order valence-corrected chi connectivity index (χ0v) is 73.8. The molecule has 1 aliphatic heterocycles. The Morgan fingerprint density at radius 2 is 0.864 bits per heavy atom. The van der Waals surface area contributed by atoms with Gasteiger partial charge in [0.25, 0.3) is 0 Å². The first-order valence-electron chi connectivity index (χ1n) is 42.0. The largest absolute Gasteiger partial charge is 0.508 e. The molecular formula is C86H113N17O28S. The van der Waals surface area contributed by atoms with Crippen LogP contribution in [-0.4, -0.2) is 285 Å². The van der Waals surface area contributed by atoms with Gasteiger partial charge in [0.15, 0.2) is 0 Å². The first kappa shape index (κ1) is 106. The number of amides is 15. The number of H-pyrrole nitrogens is 1. The highest BCUT2D eigenvalue weighted by atomic mass is 32.2. The first-order valence-corrected chi connectivity index (χ1v) is 43.4. The maximum absolute atomic E-state index is 14.9. The molecule has 6 rings (SSSR count). The van der Waals surface area contributed by atoms with E-state index >= 15 is 0 Å². The number of nitrogens with zero attached hydrogens (tertiary/aromatic N) is 1. The van der Waals surface area contributed by atoms with Crippen LogP contribution in [0.3, 0.4) is 0 Å². The minimum Gasteiger partial charge on any atom is -0.508 e. The van der Waals surface area contributed by atoms with E-state index in [4.69, 9.17) is 11.5 Å². The number of hydrogen-bond acceptors (Lipinski definition) is 25. The summed E-state index contributed by atoms with van der Waals surface area (Å²) >= 11 is 1.16. The van der Waals surface area contributed by atoms with Gasteiger partial charge in [0, 0.05) is 49.3 Å². The normalized spacial score (nSPS) is 15.7. The highest BCUT2D eigenvalue weighted by molar-refractivity contribution is 7.98. The molecule has 0 saturated carbocycles. The van der Waals surface area contributed by atoms with Gasteiger partial charge in [-0.3, -0.25) is 95.9 Å². The summed E-state index contributed by atoms with van der Waals surface area (Å²) in [6, 6.07) is 1.13. The molecule has 1 aliphatic rings. The molecule has 2 heterocycles. The van der Waals surface area contributed by atoms with Crippen LogP contribution in [0.25, 0.3) is 10.9 Å². The number of phenolic OH excluding ortho intramolecular Hbond substituents is 2. The molecule has 0 spiro atoms. The van der Waals surface area contributed by atoms with Crippen molar-refractivity contribution in [1.29, 1.82) is 0 Å². The maximum atomic E-state index is 14.9. The van der Waals surface area contributed by atoms with Crippen LogP contribution in [0.2, 0.25) is 0 Å². The quantitative estimate of drug-likeness (QED) is 0.0177. The van der Waals surface area contributed by atoms with E-state index in [-0.39, 0.29) is 68.7 Å². The van der Waals surface area contributed by atoms with Crippen molar-refractivity contribution in [3.05, 3.63) is 132 Å². The van der Waals surface area contributed by atoms with Gasteiger partial charge in [-0.15, -0.1) is 0 Å². The van der Waals surface area contributed by atoms with E-state index in [0.29, 0.717) is 33.2 Å². The van der Waals surface area contributed by atoms with Crippen LogP contribution >= 0.6 is 11.8 Å². The predicted molar refractivity (Wildman–Crippen MR) is 469 cm³/mol. The number of para-hydroxylation sites is 1. The van der Waals surface area contributed by atoms with Gasteiger partial charge in [0.05, 0.1) is 37.8 Å². The topological polar surface area (TPSA) is 731 Å². The lowest BCUT2D eigenvalue weighted by Gasteiger charge is -2.33. The SMILES string of the molecule is CC[C@H](C)[C@H](NC(=O)[C@H](Cc1ccc(O)cc1)NC(=O)[C@@H](N)Cc1ccc(O)cc1)C(=O)N1CCC[C@H]1C(=O)N[C@@H](CCC(=O)O)C(=O)N[C@@H](CCSC)C(=O)N[C@@H](CC(=O)O)C(=O)N[C@H](C(=O)N[C@@H](Cc1c[nH]c2ccccc12)C(=O)N[C@@H](CC(N)=O)C(=O)N[C@@H](CC(=O)O)C(=O)N[C@H](C(=O)N[C@@H](CC(=O)O)C(=O)N[C@@H](Cc1ccccc1)C(=O)NCC(=O)O)[C@@H](C)O)C(C)C. The number of fused-ring (bicyclic) bond motifs is 1. The van der Waals surface area contributed by atoms with Crippen molar-refractivity contribution in [1.82, 2.24) is 79.0 Å². The number of hydrogen-bond donors (Lipinski definition) is 24. The van der Waals surface area contributed by atoms with Crippen LogP contribution < -0.4 is 80.6 Å². The monoisotopic (exact) mass is 1860 g/mol. The molecule has 16 atom stereocenters. The summed E-state index contributed by atoms with van der Waals surface area (Å²) in [6.07, 6.45) is -5.93. The average molecular weight is 1870 g/mol. The highest BCUT2D eigenvalue weighted by Crippen LogP contribution is 2.25. The number of aromatic nitrogens is 1.